The van der Waals surface area contributed by atoms with Crippen LogP contribution in [0.2, 0.25) is 0 Å². The monoisotopic (exact) mass is 276 g/mol. The van der Waals surface area contributed by atoms with Gasteiger partial charge in [0.05, 0.1) is 6.61 Å². The van der Waals surface area contributed by atoms with Crippen molar-refractivity contribution in [2.24, 2.45) is 0 Å². The first-order chi connectivity index (χ1) is 9.58. The second-order valence-electron chi connectivity index (χ2n) is 4.79. The van der Waals surface area contributed by atoms with Crippen molar-refractivity contribution in [3.8, 4) is 0 Å². The number of esters is 1. The van der Waals surface area contributed by atoms with Crippen LogP contribution >= 0.6 is 0 Å². The number of carbonyl (C=O) groups excluding carboxylic acids is 1. The lowest BCUT2D eigenvalue weighted by atomic mass is 9.81. The third-order valence-electron chi connectivity index (χ3n) is 3.74. The van der Waals surface area contributed by atoms with Crippen LogP contribution in [0.5, 0.6) is 0 Å². The molecular formula is C14H20N4O2. The maximum absolute atomic E-state index is 12.4. The van der Waals surface area contributed by atoms with E-state index in [0.717, 1.165) is 5.69 Å². The van der Waals surface area contributed by atoms with Crippen molar-refractivity contribution in [1.82, 2.24) is 19.6 Å². The van der Waals surface area contributed by atoms with E-state index < -0.39 is 5.41 Å². The minimum Gasteiger partial charge on any atom is -0.465 e. The van der Waals surface area contributed by atoms with Crippen molar-refractivity contribution in [2.45, 2.75) is 46.0 Å². The molecule has 0 saturated heterocycles. The van der Waals surface area contributed by atoms with E-state index in [1.807, 2.05) is 26.8 Å². The molecule has 6 heteroatoms. The van der Waals surface area contributed by atoms with Gasteiger partial charge in [-0.25, -0.2) is 4.98 Å². The maximum Gasteiger partial charge on any atom is 0.319 e. The van der Waals surface area contributed by atoms with E-state index in [1.165, 1.54) is 0 Å². The van der Waals surface area contributed by atoms with Crippen LogP contribution in [0.4, 0.5) is 0 Å². The second-order valence-corrected chi connectivity index (χ2v) is 4.79. The van der Waals surface area contributed by atoms with E-state index in [9.17, 15) is 4.79 Å². The molecule has 0 radical (unpaired) electrons. The zero-order valence-electron chi connectivity index (χ0n) is 12.4. The highest BCUT2D eigenvalue weighted by Gasteiger charge is 2.42. The average Bonchev–Trinajstić information content (AvgIpc) is 2.85. The number of aromatic nitrogens is 4. The molecule has 0 aliphatic carbocycles. The lowest BCUT2D eigenvalue weighted by molar-refractivity contribution is -0.151. The first-order valence-electron chi connectivity index (χ1n) is 6.94. The summed E-state index contributed by atoms with van der Waals surface area (Å²) in [5.74, 6) is 0.350. The summed E-state index contributed by atoms with van der Waals surface area (Å²) < 4.78 is 7.02. The quantitative estimate of drug-likeness (QED) is 0.782. The fraction of sp³-hybridized carbons (Fsp3) is 0.571. The minimum absolute atomic E-state index is 0.250. The summed E-state index contributed by atoms with van der Waals surface area (Å²) >= 11 is 0. The van der Waals surface area contributed by atoms with E-state index in [4.69, 9.17) is 4.74 Å². The van der Waals surface area contributed by atoms with Crippen molar-refractivity contribution < 1.29 is 9.53 Å². The molecule has 2 rings (SSSR count). The molecule has 2 aromatic rings. The molecule has 0 aromatic carbocycles. The fourth-order valence-electron chi connectivity index (χ4n) is 2.43. The first kappa shape index (κ1) is 14.4. The molecule has 20 heavy (non-hydrogen) atoms. The number of fused-ring (bicyclic) bond motifs is 1. The zero-order valence-corrected chi connectivity index (χ0v) is 12.4. The summed E-state index contributed by atoms with van der Waals surface area (Å²) in [5.41, 5.74) is 0.793. The topological polar surface area (TPSA) is 69.4 Å². The molecule has 2 aromatic heterocycles. The first-order valence-corrected chi connectivity index (χ1v) is 6.94. The molecule has 0 fully saturated rings. The highest BCUT2D eigenvalue weighted by atomic mass is 16.5. The normalized spacial score (nSPS) is 11.8. The number of hydrogen-bond donors (Lipinski definition) is 0. The van der Waals surface area contributed by atoms with Gasteiger partial charge in [-0.2, -0.15) is 0 Å². The molecule has 0 unspecified atom stereocenters. The van der Waals surface area contributed by atoms with Crippen molar-refractivity contribution in [1.29, 1.82) is 0 Å². The Morgan fingerprint density at radius 2 is 2.00 bits per heavy atom. The Bertz CT molecular complexity index is 617. The second kappa shape index (κ2) is 5.56. The Balaban J connectivity index is 2.60. The van der Waals surface area contributed by atoms with Gasteiger partial charge in [0.1, 0.15) is 11.7 Å². The molecule has 0 saturated carbocycles. The van der Waals surface area contributed by atoms with Crippen molar-refractivity contribution in [3.63, 3.8) is 0 Å². The van der Waals surface area contributed by atoms with E-state index >= 15 is 0 Å². The highest BCUT2D eigenvalue weighted by molar-refractivity contribution is 5.82. The molecule has 0 atom stereocenters. The molecule has 0 amide bonds. The average molecular weight is 276 g/mol. The van der Waals surface area contributed by atoms with Crippen LogP contribution in [0.15, 0.2) is 12.4 Å². The van der Waals surface area contributed by atoms with Gasteiger partial charge in [-0.05, 0) is 26.7 Å². The summed E-state index contributed by atoms with van der Waals surface area (Å²) in [6.07, 6.45) is 2.88. The van der Waals surface area contributed by atoms with Crippen LogP contribution in [0.25, 0.3) is 5.65 Å². The zero-order chi connectivity index (χ0) is 14.8. The number of aryl methyl sites for hydroxylation is 1. The number of carbonyl (C=O) groups is 1. The predicted octanol–water partition coefficient (Wildman–Crippen LogP) is 2.05. The van der Waals surface area contributed by atoms with Crippen molar-refractivity contribution in [2.75, 3.05) is 6.61 Å². The van der Waals surface area contributed by atoms with Gasteiger partial charge in [-0.1, -0.05) is 13.8 Å². The SMILES string of the molecule is CCOC(=O)C(CC)(CC)c1nnc2cc(C)ncn12. The van der Waals surface area contributed by atoms with Gasteiger partial charge in [0.25, 0.3) is 0 Å². The molecule has 0 aliphatic rings. The summed E-state index contributed by atoms with van der Waals surface area (Å²) in [4.78, 5) is 16.7. The smallest absolute Gasteiger partial charge is 0.319 e. The van der Waals surface area contributed by atoms with Gasteiger partial charge in [0.2, 0.25) is 0 Å². The fourth-order valence-corrected chi connectivity index (χ4v) is 2.43. The summed E-state index contributed by atoms with van der Waals surface area (Å²) in [5, 5.41) is 8.38. The highest BCUT2D eigenvalue weighted by Crippen LogP contribution is 2.32. The van der Waals surface area contributed by atoms with Gasteiger partial charge < -0.3 is 4.74 Å². The lowest BCUT2D eigenvalue weighted by Crippen LogP contribution is -2.38. The summed E-state index contributed by atoms with van der Waals surface area (Å²) in [7, 11) is 0. The molecule has 0 spiro atoms. The van der Waals surface area contributed by atoms with Gasteiger partial charge in [-0.15, -0.1) is 10.2 Å². The number of rotatable bonds is 5. The number of nitrogens with zero attached hydrogens (tertiary/aromatic N) is 4. The molecule has 0 aliphatic heterocycles. The molecule has 0 N–H and O–H groups in total. The van der Waals surface area contributed by atoms with Gasteiger partial charge >= 0.3 is 5.97 Å². The van der Waals surface area contributed by atoms with E-state index in [2.05, 4.69) is 15.2 Å². The maximum atomic E-state index is 12.4. The Kier molecular flexibility index (Phi) is 4.01. The Morgan fingerprint density at radius 3 is 2.60 bits per heavy atom. The van der Waals surface area contributed by atoms with Crippen LogP contribution in [0.1, 0.15) is 45.1 Å². The molecule has 108 valence electrons. The van der Waals surface area contributed by atoms with E-state index in [1.54, 1.807) is 17.7 Å². The summed E-state index contributed by atoms with van der Waals surface area (Å²) in [6.45, 7) is 7.98. The van der Waals surface area contributed by atoms with E-state index in [0.29, 0.717) is 30.9 Å². The Hall–Kier alpha value is -1.98. The Morgan fingerprint density at radius 1 is 1.30 bits per heavy atom. The minimum atomic E-state index is -0.771. The number of ether oxygens (including phenoxy) is 1. The molecule has 0 bridgehead atoms. The predicted molar refractivity (Wildman–Crippen MR) is 74.4 cm³/mol. The third-order valence-corrected chi connectivity index (χ3v) is 3.74. The largest absolute Gasteiger partial charge is 0.465 e. The van der Waals surface area contributed by atoms with E-state index in [-0.39, 0.29) is 5.97 Å². The third kappa shape index (κ3) is 2.15. The van der Waals surface area contributed by atoms with Crippen LogP contribution in [0, 0.1) is 6.92 Å². The molecule has 2 heterocycles. The van der Waals surface area contributed by atoms with Crippen LogP contribution < -0.4 is 0 Å². The molecule has 6 nitrogen and oxygen atoms in total. The van der Waals surface area contributed by atoms with Crippen LogP contribution in [-0.4, -0.2) is 32.2 Å². The van der Waals surface area contributed by atoms with Crippen molar-refractivity contribution >= 4 is 11.6 Å². The Labute approximate surface area is 118 Å². The number of hydrogen-bond acceptors (Lipinski definition) is 5. The van der Waals surface area contributed by atoms with Crippen LogP contribution in [-0.2, 0) is 14.9 Å². The van der Waals surface area contributed by atoms with Gasteiger partial charge in [-0.3, -0.25) is 9.20 Å². The van der Waals surface area contributed by atoms with Gasteiger partial charge in [0.15, 0.2) is 11.5 Å². The standard InChI is InChI=1S/C14H20N4O2/c1-5-14(6-2,13(19)20-7-3)12-17-16-11-8-10(4)15-9-18(11)12/h8-9H,5-7H2,1-4H3. The van der Waals surface area contributed by atoms with Crippen molar-refractivity contribution in [3.05, 3.63) is 23.9 Å². The molecular weight excluding hydrogens is 256 g/mol. The van der Waals surface area contributed by atoms with Gasteiger partial charge in [0, 0.05) is 11.8 Å². The van der Waals surface area contributed by atoms with Crippen LogP contribution in [0.3, 0.4) is 0 Å². The summed E-state index contributed by atoms with van der Waals surface area (Å²) in [6, 6.07) is 1.84. The lowest BCUT2D eigenvalue weighted by Gasteiger charge is -2.27.